The Labute approximate surface area is 173 Å². The Hall–Kier alpha value is -2.67. The number of para-hydroxylation sites is 1. The van der Waals surface area contributed by atoms with E-state index in [-0.39, 0.29) is 35.0 Å². The van der Waals surface area contributed by atoms with Gasteiger partial charge in [-0.1, -0.05) is 49.9 Å². The topological polar surface area (TPSA) is 64.0 Å². The lowest BCUT2D eigenvalue weighted by atomic mass is 10.1. The van der Waals surface area contributed by atoms with Crippen molar-refractivity contribution in [1.29, 1.82) is 0 Å². The standard InChI is InChI=1S/C22H24FN3O2S/c1-14(2)12-26-21(28)18-6-4-5-7-19(18)25-22(26)29-13-20(27)24-15(3)16-8-10-17(23)11-9-16/h4-11,14-15H,12-13H2,1-3H3,(H,24,27)/t15-/m0/s1. The molecule has 0 spiro atoms. The number of halogens is 1. The number of thioether (sulfide) groups is 1. The molecule has 3 aromatic rings. The van der Waals surface area contributed by atoms with Gasteiger partial charge in [-0.05, 0) is 42.7 Å². The highest BCUT2D eigenvalue weighted by atomic mass is 32.2. The SMILES string of the molecule is CC(C)Cn1c(SCC(=O)N[C@@H](C)c2ccc(F)cc2)nc2ccccc2c1=O. The van der Waals surface area contributed by atoms with Crippen LogP contribution in [0.25, 0.3) is 10.9 Å². The lowest BCUT2D eigenvalue weighted by Gasteiger charge is -2.16. The van der Waals surface area contributed by atoms with Gasteiger partial charge in [-0.25, -0.2) is 9.37 Å². The quantitative estimate of drug-likeness (QED) is 0.467. The third-order valence-corrected chi connectivity index (χ3v) is 5.43. The monoisotopic (exact) mass is 413 g/mol. The lowest BCUT2D eigenvalue weighted by molar-refractivity contribution is -0.119. The number of nitrogens with one attached hydrogen (secondary N) is 1. The van der Waals surface area contributed by atoms with Gasteiger partial charge in [0.25, 0.3) is 5.56 Å². The molecular formula is C22H24FN3O2S. The second kappa shape index (κ2) is 9.22. The summed E-state index contributed by atoms with van der Waals surface area (Å²) in [7, 11) is 0. The summed E-state index contributed by atoms with van der Waals surface area (Å²) in [6.45, 7) is 6.45. The van der Waals surface area contributed by atoms with Crippen molar-refractivity contribution in [1.82, 2.24) is 14.9 Å². The highest BCUT2D eigenvalue weighted by Crippen LogP contribution is 2.19. The summed E-state index contributed by atoms with van der Waals surface area (Å²) in [6.07, 6.45) is 0. The molecule has 0 saturated heterocycles. The zero-order valence-electron chi connectivity index (χ0n) is 16.7. The number of carbonyl (C=O) groups excluding carboxylic acids is 1. The van der Waals surface area contributed by atoms with Gasteiger partial charge in [0, 0.05) is 6.54 Å². The van der Waals surface area contributed by atoms with E-state index in [0.717, 1.165) is 5.56 Å². The summed E-state index contributed by atoms with van der Waals surface area (Å²) >= 11 is 1.25. The predicted molar refractivity (Wildman–Crippen MR) is 115 cm³/mol. The van der Waals surface area contributed by atoms with E-state index in [1.807, 2.05) is 32.9 Å². The molecule has 0 aliphatic rings. The van der Waals surface area contributed by atoms with Gasteiger partial charge in [0.1, 0.15) is 5.82 Å². The van der Waals surface area contributed by atoms with Crippen LogP contribution in [0.3, 0.4) is 0 Å². The Morgan fingerprint density at radius 3 is 2.52 bits per heavy atom. The fourth-order valence-corrected chi connectivity index (χ4v) is 3.85. The largest absolute Gasteiger partial charge is 0.349 e. The van der Waals surface area contributed by atoms with E-state index >= 15 is 0 Å². The molecule has 1 heterocycles. The summed E-state index contributed by atoms with van der Waals surface area (Å²) < 4.78 is 14.7. The molecule has 0 radical (unpaired) electrons. The van der Waals surface area contributed by atoms with E-state index in [0.29, 0.717) is 22.6 Å². The van der Waals surface area contributed by atoms with Crippen LogP contribution >= 0.6 is 11.8 Å². The van der Waals surface area contributed by atoms with Crippen LogP contribution in [-0.2, 0) is 11.3 Å². The number of rotatable bonds is 7. The first kappa shape index (κ1) is 21.0. The van der Waals surface area contributed by atoms with Gasteiger partial charge in [0.15, 0.2) is 5.16 Å². The Bertz CT molecular complexity index is 1060. The first-order chi connectivity index (χ1) is 13.8. The van der Waals surface area contributed by atoms with Gasteiger partial charge in [-0.3, -0.25) is 14.2 Å². The van der Waals surface area contributed by atoms with Gasteiger partial charge in [-0.15, -0.1) is 0 Å². The normalized spacial score (nSPS) is 12.3. The van der Waals surface area contributed by atoms with Crippen molar-refractivity contribution in [3.05, 3.63) is 70.3 Å². The fraction of sp³-hybridized carbons (Fsp3) is 0.318. The molecule has 1 aromatic heterocycles. The van der Waals surface area contributed by atoms with Crippen LogP contribution < -0.4 is 10.9 Å². The molecule has 5 nitrogen and oxygen atoms in total. The van der Waals surface area contributed by atoms with Crippen LogP contribution in [0.1, 0.15) is 32.4 Å². The van der Waals surface area contributed by atoms with Crippen molar-refractivity contribution in [2.45, 2.75) is 38.5 Å². The summed E-state index contributed by atoms with van der Waals surface area (Å²) in [6, 6.07) is 13.0. The van der Waals surface area contributed by atoms with Crippen molar-refractivity contribution in [3.63, 3.8) is 0 Å². The van der Waals surface area contributed by atoms with Crippen LogP contribution in [0.2, 0.25) is 0 Å². The first-order valence-electron chi connectivity index (χ1n) is 9.52. The average molecular weight is 414 g/mol. The van der Waals surface area contributed by atoms with Crippen molar-refractivity contribution < 1.29 is 9.18 Å². The minimum atomic E-state index is -0.312. The third kappa shape index (κ3) is 5.23. The molecule has 0 aliphatic heterocycles. The van der Waals surface area contributed by atoms with Gasteiger partial charge in [0.05, 0.1) is 22.7 Å². The molecule has 2 aromatic carbocycles. The fourth-order valence-electron chi connectivity index (χ4n) is 3.03. The number of hydrogen-bond donors (Lipinski definition) is 1. The zero-order valence-corrected chi connectivity index (χ0v) is 17.5. The number of fused-ring (bicyclic) bond motifs is 1. The minimum Gasteiger partial charge on any atom is -0.349 e. The Kier molecular flexibility index (Phi) is 6.69. The number of carbonyl (C=O) groups is 1. The van der Waals surface area contributed by atoms with E-state index in [1.165, 1.54) is 23.9 Å². The number of benzene rings is 2. The molecule has 0 fully saturated rings. The molecule has 0 bridgehead atoms. The number of amides is 1. The molecule has 29 heavy (non-hydrogen) atoms. The van der Waals surface area contributed by atoms with Crippen molar-refractivity contribution in [2.75, 3.05) is 5.75 Å². The minimum absolute atomic E-state index is 0.0908. The molecule has 152 valence electrons. The molecule has 3 rings (SSSR count). The Morgan fingerprint density at radius 1 is 1.14 bits per heavy atom. The average Bonchev–Trinajstić information content (AvgIpc) is 2.69. The van der Waals surface area contributed by atoms with Crippen LogP contribution in [0, 0.1) is 11.7 Å². The van der Waals surface area contributed by atoms with Crippen LogP contribution in [0.5, 0.6) is 0 Å². The summed E-state index contributed by atoms with van der Waals surface area (Å²) in [5.41, 5.74) is 1.36. The van der Waals surface area contributed by atoms with Crippen LogP contribution in [0.4, 0.5) is 4.39 Å². The number of aromatic nitrogens is 2. The lowest BCUT2D eigenvalue weighted by Crippen LogP contribution is -2.29. The van der Waals surface area contributed by atoms with Crippen LogP contribution in [-0.4, -0.2) is 21.2 Å². The van der Waals surface area contributed by atoms with Gasteiger partial charge < -0.3 is 5.32 Å². The molecule has 0 aliphatic carbocycles. The van der Waals surface area contributed by atoms with E-state index in [9.17, 15) is 14.0 Å². The van der Waals surface area contributed by atoms with Crippen molar-refractivity contribution in [2.24, 2.45) is 5.92 Å². The van der Waals surface area contributed by atoms with Gasteiger partial charge >= 0.3 is 0 Å². The Morgan fingerprint density at radius 2 is 1.83 bits per heavy atom. The molecule has 0 unspecified atom stereocenters. The summed E-state index contributed by atoms with van der Waals surface area (Å²) in [4.78, 5) is 29.9. The van der Waals surface area contributed by atoms with Gasteiger partial charge in [0.2, 0.25) is 5.91 Å². The van der Waals surface area contributed by atoms with E-state index in [1.54, 1.807) is 28.8 Å². The molecule has 7 heteroatoms. The molecule has 1 amide bonds. The number of hydrogen-bond acceptors (Lipinski definition) is 4. The van der Waals surface area contributed by atoms with Crippen LogP contribution in [0.15, 0.2) is 58.5 Å². The Balaban J connectivity index is 1.76. The summed E-state index contributed by atoms with van der Waals surface area (Å²) in [5, 5.41) is 4.01. The van der Waals surface area contributed by atoms with Gasteiger partial charge in [-0.2, -0.15) is 0 Å². The second-order valence-electron chi connectivity index (χ2n) is 7.35. The second-order valence-corrected chi connectivity index (χ2v) is 8.29. The van der Waals surface area contributed by atoms with E-state index in [2.05, 4.69) is 10.3 Å². The predicted octanol–water partition coefficient (Wildman–Crippen LogP) is 4.16. The molecular weight excluding hydrogens is 389 g/mol. The summed E-state index contributed by atoms with van der Waals surface area (Å²) in [5.74, 6) is -0.0880. The van der Waals surface area contributed by atoms with Crippen molar-refractivity contribution >= 4 is 28.6 Å². The smallest absolute Gasteiger partial charge is 0.262 e. The maximum Gasteiger partial charge on any atom is 0.262 e. The molecule has 1 N–H and O–H groups in total. The number of nitrogens with zero attached hydrogens (tertiary/aromatic N) is 2. The maximum atomic E-state index is 13.1. The van der Waals surface area contributed by atoms with E-state index < -0.39 is 0 Å². The highest BCUT2D eigenvalue weighted by Gasteiger charge is 2.15. The first-order valence-corrected chi connectivity index (χ1v) is 10.5. The highest BCUT2D eigenvalue weighted by molar-refractivity contribution is 7.99. The molecule has 1 atom stereocenters. The van der Waals surface area contributed by atoms with Crippen molar-refractivity contribution in [3.8, 4) is 0 Å². The molecule has 0 saturated carbocycles. The zero-order chi connectivity index (χ0) is 21.0. The maximum absolute atomic E-state index is 13.1. The third-order valence-electron chi connectivity index (χ3n) is 4.45. The van der Waals surface area contributed by atoms with E-state index in [4.69, 9.17) is 0 Å².